The van der Waals surface area contributed by atoms with Crippen LogP contribution in [-0.2, 0) is 0 Å². The van der Waals surface area contributed by atoms with Gasteiger partial charge >= 0.3 is 0 Å². The third kappa shape index (κ3) is 1.85. The minimum atomic E-state index is -0.347. The summed E-state index contributed by atoms with van der Waals surface area (Å²) < 4.78 is 0. The summed E-state index contributed by atoms with van der Waals surface area (Å²) in [7, 11) is 0. The summed E-state index contributed by atoms with van der Waals surface area (Å²) in [6, 6.07) is 7.58. The Bertz CT molecular complexity index is 671. The van der Waals surface area contributed by atoms with Crippen molar-refractivity contribution in [3.63, 3.8) is 0 Å². The molecule has 1 N–H and O–H groups in total. The van der Waals surface area contributed by atoms with Crippen molar-refractivity contribution < 1.29 is 4.79 Å². The first kappa shape index (κ1) is 11.2. The van der Waals surface area contributed by atoms with E-state index in [2.05, 4.69) is 17.6 Å². The molecule has 0 aliphatic rings. The topological polar surface area (TPSA) is 56.6 Å². The van der Waals surface area contributed by atoms with Crippen molar-refractivity contribution in [1.29, 1.82) is 5.26 Å². The highest BCUT2D eigenvalue weighted by Gasteiger charge is 2.13. The van der Waals surface area contributed by atoms with Gasteiger partial charge in [-0.25, -0.2) is 0 Å². The number of nitrogens with one attached hydrogen (secondary N) is 1. The van der Waals surface area contributed by atoms with Crippen LogP contribution in [-0.4, -0.2) is 10.8 Å². The number of fused-ring (bicyclic) bond motifs is 1. The van der Waals surface area contributed by atoms with Gasteiger partial charge in [0.2, 0.25) is 5.78 Å². The highest BCUT2D eigenvalue weighted by Crippen LogP contribution is 2.22. The molecule has 1 heterocycles. The number of aromatic nitrogens is 1. The minimum Gasteiger partial charge on any atom is -0.352 e. The maximum Gasteiger partial charge on any atom is 0.219 e. The Morgan fingerprint density at radius 1 is 1.35 bits per heavy atom. The van der Waals surface area contributed by atoms with Crippen molar-refractivity contribution in [2.24, 2.45) is 0 Å². The maximum absolute atomic E-state index is 11.8. The molecule has 2 aromatic rings. The minimum absolute atomic E-state index is 0.0501. The van der Waals surface area contributed by atoms with E-state index >= 15 is 0 Å². The fraction of sp³-hybridized carbons (Fsp3) is 0.143. The van der Waals surface area contributed by atoms with Crippen LogP contribution in [0.5, 0.6) is 0 Å². The van der Waals surface area contributed by atoms with Gasteiger partial charge in [-0.15, -0.1) is 0 Å². The van der Waals surface area contributed by atoms with Crippen LogP contribution in [0.2, 0.25) is 0 Å². The molecule has 0 radical (unpaired) electrons. The van der Waals surface area contributed by atoms with Gasteiger partial charge < -0.3 is 4.98 Å². The molecule has 0 bridgehead atoms. The third-order valence-corrected chi connectivity index (χ3v) is 2.74. The number of benzene rings is 1. The average molecular weight is 224 g/mol. The van der Waals surface area contributed by atoms with Gasteiger partial charge in [0.15, 0.2) is 0 Å². The van der Waals surface area contributed by atoms with Crippen LogP contribution in [0.25, 0.3) is 10.9 Å². The highest BCUT2D eigenvalue weighted by atomic mass is 16.1. The Morgan fingerprint density at radius 3 is 2.71 bits per heavy atom. The van der Waals surface area contributed by atoms with Gasteiger partial charge in [-0.05, 0) is 37.1 Å². The second kappa shape index (κ2) is 3.91. The summed E-state index contributed by atoms with van der Waals surface area (Å²) in [5, 5.41) is 9.66. The summed E-state index contributed by atoms with van der Waals surface area (Å²) in [4.78, 5) is 14.8. The predicted octanol–water partition coefficient (Wildman–Crippen LogP) is 3.05. The highest BCUT2D eigenvalue weighted by molar-refractivity contribution is 6.12. The summed E-state index contributed by atoms with van der Waals surface area (Å²) in [5.41, 5.74) is 3.52. The summed E-state index contributed by atoms with van der Waals surface area (Å²) in [6.07, 6.45) is 0. The van der Waals surface area contributed by atoms with Crippen LogP contribution < -0.4 is 0 Å². The molecular weight excluding hydrogens is 212 g/mol. The van der Waals surface area contributed by atoms with Gasteiger partial charge in [0.25, 0.3) is 0 Å². The molecule has 17 heavy (non-hydrogen) atoms. The smallest absolute Gasteiger partial charge is 0.219 e. The van der Waals surface area contributed by atoms with E-state index in [9.17, 15) is 4.79 Å². The second-order valence-electron chi connectivity index (χ2n) is 4.15. The van der Waals surface area contributed by atoms with Crippen LogP contribution in [0.15, 0.2) is 30.4 Å². The number of hydrogen-bond donors (Lipinski definition) is 1. The monoisotopic (exact) mass is 224 g/mol. The zero-order valence-corrected chi connectivity index (χ0v) is 9.79. The number of allylic oxidation sites excluding steroid dienone is 1. The Hall–Kier alpha value is -2.34. The van der Waals surface area contributed by atoms with E-state index in [4.69, 9.17) is 5.26 Å². The largest absolute Gasteiger partial charge is 0.352 e. The van der Waals surface area contributed by atoms with E-state index in [-0.39, 0.29) is 11.4 Å². The Morgan fingerprint density at radius 2 is 2.06 bits per heavy atom. The van der Waals surface area contributed by atoms with Crippen molar-refractivity contribution in [2.45, 2.75) is 13.8 Å². The number of carbonyl (C=O) groups is 1. The summed E-state index contributed by atoms with van der Waals surface area (Å²) in [5.74, 6) is -0.347. The lowest BCUT2D eigenvalue weighted by Crippen LogP contribution is -2.00. The van der Waals surface area contributed by atoms with Crippen molar-refractivity contribution in [3.05, 3.63) is 47.2 Å². The number of nitriles is 1. The molecule has 0 fully saturated rings. The molecule has 3 nitrogen and oxygen atoms in total. The van der Waals surface area contributed by atoms with Gasteiger partial charge in [0.05, 0.1) is 11.3 Å². The molecule has 0 spiro atoms. The molecule has 0 atom stereocenters. The quantitative estimate of drug-likeness (QED) is 0.484. The lowest BCUT2D eigenvalue weighted by Gasteiger charge is -1.97. The van der Waals surface area contributed by atoms with E-state index in [1.54, 1.807) is 12.1 Å². The molecule has 84 valence electrons. The molecule has 0 amide bonds. The fourth-order valence-electron chi connectivity index (χ4n) is 1.93. The number of nitrogens with zero attached hydrogens (tertiary/aromatic N) is 1. The number of aromatic amines is 1. The van der Waals surface area contributed by atoms with Crippen molar-refractivity contribution in [2.75, 3.05) is 0 Å². The second-order valence-corrected chi connectivity index (χ2v) is 4.15. The van der Waals surface area contributed by atoms with Crippen LogP contribution in [0.1, 0.15) is 21.6 Å². The van der Waals surface area contributed by atoms with Crippen LogP contribution in [0, 0.1) is 25.2 Å². The number of Topliss-reactive ketones (excluding diaryl/α,β-unsaturated/α-hetero) is 1. The van der Waals surface area contributed by atoms with Crippen molar-refractivity contribution in [3.8, 4) is 6.07 Å². The fourth-order valence-corrected chi connectivity index (χ4v) is 1.93. The lowest BCUT2D eigenvalue weighted by atomic mass is 10.1. The number of aryl methyl sites for hydroxylation is 2. The van der Waals surface area contributed by atoms with E-state index in [0.29, 0.717) is 5.69 Å². The first-order valence-corrected chi connectivity index (χ1v) is 5.26. The van der Waals surface area contributed by atoms with Crippen LogP contribution in [0.3, 0.4) is 0 Å². The molecule has 0 unspecified atom stereocenters. The number of rotatable bonds is 2. The first-order valence-electron chi connectivity index (χ1n) is 5.26. The molecule has 3 heteroatoms. The number of carbonyl (C=O) groups excluding carboxylic acids is 1. The third-order valence-electron chi connectivity index (χ3n) is 2.74. The summed E-state index contributed by atoms with van der Waals surface area (Å²) in [6.45, 7) is 7.43. The molecule has 1 aromatic heterocycles. The van der Waals surface area contributed by atoms with Crippen LogP contribution >= 0.6 is 0 Å². The standard InChI is InChI=1S/C14H12N2O/c1-8-4-9(2)11-6-13(16-12(11)5-8)14(17)10(3)7-15/h4-6,16H,3H2,1-2H3. The van der Waals surface area contributed by atoms with Gasteiger partial charge in [-0.1, -0.05) is 12.6 Å². The van der Waals surface area contributed by atoms with Gasteiger partial charge in [0.1, 0.15) is 6.07 Å². The molecule has 0 saturated heterocycles. The van der Waals surface area contributed by atoms with Gasteiger partial charge in [0, 0.05) is 10.9 Å². The zero-order chi connectivity index (χ0) is 12.6. The molecule has 0 aliphatic carbocycles. The number of hydrogen-bond acceptors (Lipinski definition) is 2. The number of H-pyrrole nitrogens is 1. The average Bonchev–Trinajstić information content (AvgIpc) is 2.70. The van der Waals surface area contributed by atoms with E-state index in [1.165, 1.54) is 0 Å². The number of ketones is 1. The van der Waals surface area contributed by atoms with Crippen LogP contribution in [0.4, 0.5) is 0 Å². The maximum atomic E-state index is 11.8. The summed E-state index contributed by atoms with van der Waals surface area (Å²) >= 11 is 0. The molecule has 0 aliphatic heterocycles. The molecule has 0 saturated carbocycles. The van der Waals surface area contributed by atoms with E-state index in [0.717, 1.165) is 22.0 Å². The normalized spacial score (nSPS) is 10.2. The van der Waals surface area contributed by atoms with Gasteiger partial charge in [-0.3, -0.25) is 4.79 Å². The Labute approximate surface area is 99.4 Å². The SMILES string of the molecule is C=C(C#N)C(=O)c1cc2c(C)cc(C)cc2[nH]1. The van der Waals surface area contributed by atoms with Gasteiger partial charge in [-0.2, -0.15) is 5.26 Å². The Balaban J connectivity index is 2.60. The van der Waals surface area contributed by atoms with Crippen molar-refractivity contribution in [1.82, 2.24) is 4.98 Å². The molecular formula is C14H12N2O. The van der Waals surface area contributed by atoms with E-state index in [1.807, 2.05) is 19.9 Å². The Kier molecular flexibility index (Phi) is 2.57. The van der Waals surface area contributed by atoms with Crippen molar-refractivity contribution >= 4 is 16.7 Å². The predicted molar refractivity (Wildman–Crippen MR) is 66.9 cm³/mol. The molecule has 2 rings (SSSR count). The first-order chi connectivity index (χ1) is 8.02. The lowest BCUT2D eigenvalue weighted by molar-refractivity contribution is 0.103. The zero-order valence-electron chi connectivity index (χ0n) is 9.79. The van der Waals surface area contributed by atoms with E-state index < -0.39 is 0 Å². The molecule has 1 aromatic carbocycles.